The molecule has 0 N–H and O–H groups in total. The van der Waals surface area contributed by atoms with E-state index in [1.54, 1.807) is 0 Å². The van der Waals surface area contributed by atoms with Gasteiger partial charge in [-0.3, -0.25) is 0 Å². The normalized spacial score (nSPS) is 14.6. The number of rotatable bonds is 4. The highest BCUT2D eigenvalue weighted by Gasteiger charge is 2.45. The van der Waals surface area contributed by atoms with E-state index >= 15 is 0 Å². The average molecular weight is 663 g/mol. The Hall–Kier alpha value is -9.40. The number of furan rings is 2. The van der Waals surface area contributed by atoms with Gasteiger partial charge in [0.15, 0.2) is 0 Å². The molecule has 0 bridgehead atoms. The molecule has 12 nitrogen and oxygen atoms in total. The Morgan fingerprint density at radius 2 is 0.769 bits per heavy atom. The number of hydrogen-bond acceptors (Lipinski definition) is 12. The highest BCUT2D eigenvalue weighted by molar-refractivity contribution is 6.16. The van der Waals surface area contributed by atoms with Gasteiger partial charge in [-0.1, -0.05) is 12.1 Å². The molecule has 0 aliphatic heterocycles. The molecule has 0 spiro atoms. The zero-order valence-electron chi connectivity index (χ0n) is 26.1. The molecule has 0 saturated carbocycles. The van der Waals surface area contributed by atoms with Crippen molar-refractivity contribution in [1.29, 1.82) is 52.6 Å². The van der Waals surface area contributed by atoms with Crippen LogP contribution < -0.4 is 0 Å². The van der Waals surface area contributed by atoms with E-state index in [9.17, 15) is 52.6 Å². The van der Waals surface area contributed by atoms with Crippen molar-refractivity contribution in [2.45, 2.75) is 0 Å². The van der Waals surface area contributed by atoms with Crippen LogP contribution in [0.4, 0.5) is 0 Å². The van der Waals surface area contributed by atoms with E-state index in [1.165, 1.54) is 60.7 Å². The van der Waals surface area contributed by atoms with Crippen molar-refractivity contribution >= 4 is 22.3 Å². The number of hydrogen-bond donors (Lipinski definition) is 0. The standard InChI is InChI=1S/C40H10N10O2/c41-11-23-3-1-21(9-25(23)13-43)35-31(19-49)39-38(30(18-48)34-8-6-28(16-46)52-34)36(22-2-4-24(12-42)26(10-22)14-44)32(20-50)40(39)37(35)29(17-47)33-7-5-27(15-45)51-33/h1-10H/b37-29-,38-30-. The second-order valence-corrected chi connectivity index (χ2v) is 10.7. The van der Waals surface area contributed by atoms with Gasteiger partial charge < -0.3 is 8.83 Å². The zero-order chi connectivity index (χ0) is 37.1. The van der Waals surface area contributed by atoms with E-state index in [-0.39, 0.29) is 112 Å². The molecule has 0 amide bonds. The van der Waals surface area contributed by atoms with Crippen LogP contribution in [0.3, 0.4) is 0 Å². The van der Waals surface area contributed by atoms with Crippen LogP contribution >= 0.6 is 0 Å². The fourth-order valence-electron chi connectivity index (χ4n) is 6.11. The van der Waals surface area contributed by atoms with Gasteiger partial charge in [0.05, 0.1) is 33.4 Å². The molecule has 0 saturated heterocycles. The molecule has 6 rings (SSSR count). The van der Waals surface area contributed by atoms with E-state index in [2.05, 4.69) is 24.3 Å². The summed E-state index contributed by atoms with van der Waals surface area (Å²) in [6.07, 6.45) is 0. The molecule has 12 heteroatoms. The first kappa shape index (κ1) is 32.5. The first-order valence-corrected chi connectivity index (χ1v) is 14.6. The molecule has 0 atom stereocenters. The summed E-state index contributed by atoms with van der Waals surface area (Å²) in [6, 6.07) is 33.6. The predicted octanol–water partition coefficient (Wildman–Crippen LogP) is 6.64. The van der Waals surface area contributed by atoms with Crippen LogP contribution in [0.15, 0.2) is 103 Å². The van der Waals surface area contributed by atoms with Crippen LogP contribution in [0, 0.1) is 113 Å². The van der Waals surface area contributed by atoms with Crippen LogP contribution in [0.5, 0.6) is 0 Å². The smallest absolute Gasteiger partial charge is 0.204 e. The summed E-state index contributed by atoms with van der Waals surface area (Å²) in [7, 11) is 0. The molecule has 4 aromatic rings. The molecule has 52 heavy (non-hydrogen) atoms. The van der Waals surface area contributed by atoms with Gasteiger partial charge in [0, 0.05) is 33.4 Å². The molecule has 0 radical (unpaired) electrons. The summed E-state index contributed by atoms with van der Waals surface area (Å²) in [4.78, 5) is 0. The lowest BCUT2D eigenvalue weighted by Gasteiger charge is -2.17. The number of nitrogens with zero attached hydrogens (tertiary/aromatic N) is 10. The van der Waals surface area contributed by atoms with Crippen LogP contribution in [-0.2, 0) is 0 Å². The lowest BCUT2D eigenvalue weighted by Crippen LogP contribution is -2.02. The Kier molecular flexibility index (Phi) is 8.14. The van der Waals surface area contributed by atoms with Crippen molar-refractivity contribution in [3.8, 4) is 60.7 Å². The van der Waals surface area contributed by atoms with Crippen LogP contribution in [0.1, 0.15) is 56.4 Å². The predicted molar refractivity (Wildman–Crippen MR) is 176 cm³/mol. The third-order valence-electron chi connectivity index (χ3n) is 8.22. The largest absolute Gasteiger partial charge is 0.445 e. The van der Waals surface area contributed by atoms with E-state index in [0.29, 0.717) is 0 Å². The van der Waals surface area contributed by atoms with Crippen molar-refractivity contribution < 1.29 is 8.83 Å². The number of benzene rings is 2. The quantitative estimate of drug-likeness (QED) is 0.208. The molecule has 232 valence electrons. The Morgan fingerprint density at radius 3 is 1.06 bits per heavy atom. The molecular weight excluding hydrogens is 653 g/mol. The molecule has 2 aromatic carbocycles. The molecule has 2 aliphatic carbocycles. The minimum Gasteiger partial charge on any atom is -0.445 e. The summed E-state index contributed by atoms with van der Waals surface area (Å²) in [5.41, 5.74) is -0.280. The minimum absolute atomic E-state index is 0.0102. The Bertz CT molecular complexity index is 2760. The monoisotopic (exact) mass is 662 g/mol. The van der Waals surface area contributed by atoms with Gasteiger partial charge in [0.25, 0.3) is 0 Å². The topological polar surface area (TPSA) is 264 Å². The van der Waals surface area contributed by atoms with Crippen LogP contribution in [0.25, 0.3) is 22.3 Å². The van der Waals surface area contributed by atoms with Crippen molar-refractivity contribution in [3.63, 3.8) is 0 Å². The third kappa shape index (κ3) is 4.85. The van der Waals surface area contributed by atoms with Gasteiger partial charge >= 0.3 is 0 Å². The maximum Gasteiger partial charge on any atom is 0.204 e. The summed E-state index contributed by atoms with van der Waals surface area (Å²) in [5, 5.41) is 101. The third-order valence-corrected chi connectivity index (χ3v) is 8.22. The maximum atomic E-state index is 10.9. The van der Waals surface area contributed by atoms with E-state index in [0.717, 1.165) is 0 Å². The minimum atomic E-state index is -0.216. The molecule has 2 aliphatic rings. The summed E-state index contributed by atoms with van der Waals surface area (Å²) < 4.78 is 11.3. The van der Waals surface area contributed by atoms with Crippen LogP contribution in [-0.4, -0.2) is 0 Å². The first-order chi connectivity index (χ1) is 25.4. The van der Waals surface area contributed by atoms with Crippen molar-refractivity contribution in [1.82, 2.24) is 0 Å². The lowest BCUT2D eigenvalue weighted by atomic mass is 9.83. The lowest BCUT2D eigenvalue weighted by molar-refractivity contribution is 0.540. The molecule has 2 heterocycles. The zero-order valence-corrected chi connectivity index (χ0v) is 26.1. The highest BCUT2D eigenvalue weighted by atomic mass is 16.3. The van der Waals surface area contributed by atoms with Gasteiger partial charge in [0.2, 0.25) is 11.5 Å². The molecule has 0 unspecified atom stereocenters. The maximum absolute atomic E-state index is 10.9. The fourth-order valence-corrected chi connectivity index (χ4v) is 6.11. The summed E-state index contributed by atoms with van der Waals surface area (Å²) in [5.74, 6) is -0.485. The van der Waals surface area contributed by atoms with Gasteiger partial charge in [-0.2, -0.15) is 52.6 Å². The van der Waals surface area contributed by atoms with E-state index in [4.69, 9.17) is 8.83 Å². The SMILES string of the molecule is N#CC1=C(c2ccc(C#N)c(C#N)c2)/C(=C(\C#N)c2ccc(C#N)o2)C2=C1/C(=C(/C#N)c1ccc(C#N)o1)C(c1ccc(C#N)c(C#N)c1)=C2C#N. The summed E-state index contributed by atoms with van der Waals surface area (Å²) in [6.45, 7) is 0. The van der Waals surface area contributed by atoms with Gasteiger partial charge in [-0.15, -0.1) is 0 Å². The van der Waals surface area contributed by atoms with Gasteiger partial charge in [-0.05, 0) is 59.7 Å². The average Bonchev–Trinajstić information content (AvgIpc) is 3.99. The Labute approximate surface area is 294 Å². The van der Waals surface area contributed by atoms with E-state index < -0.39 is 0 Å². The number of allylic oxidation sites excluding steroid dienone is 10. The van der Waals surface area contributed by atoms with Crippen molar-refractivity contribution in [2.75, 3.05) is 0 Å². The highest BCUT2D eigenvalue weighted by Crippen LogP contribution is 2.59. The molecule has 2 aromatic heterocycles. The fraction of sp³-hybridized carbons (Fsp3) is 0. The molecule has 0 fully saturated rings. The van der Waals surface area contributed by atoms with Gasteiger partial charge in [0.1, 0.15) is 83.4 Å². The van der Waals surface area contributed by atoms with Crippen molar-refractivity contribution in [2.24, 2.45) is 0 Å². The Morgan fingerprint density at radius 1 is 0.385 bits per heavy atom. The van der Waals surface area contributed by atoms with Crippen LogP contribution in [0.2, 0.25) is 0 Å². The number of nitriles is 10. The van der Waals surface area contributed by atoms with Crippen molar-refractivity contribution in [3.05, 3.63) is 151 Å². The molecular formula is C40H10N10O2. The van der Waals surface area contributed by atoms with Gasteiger partial charge in [-0.25, -0.2) is 0 Å². The second kappa shape index (κ2) is 13.0. The Balaban J connectivity index is 1.86. The summed E-state index contributed by atoms with van der Waals surface area (Å²) >= 11 is 0. The second-order valence-electron chi connectivity index (χ2n) is 10.7. The first-order valence-electron chi connectivity index (χ1n) is 14.6. The van der Waals surface area contributed by atoms with E-state index in [1.807, 2.05) is 36.4 Å².